The van der Waals surface area contributed by atoms with Crippen LogP contribution in [0, 0.1) is 13.8 Å². The van der Waals surface area contributed by atoms with Gasteiger partial charge in [0.15, 0.2) is 5.65 Å². The van der Waals surface area contributed by atoms with Crippen molar-refractivity contribution in [1.82, 2.24) is 19.5 Å². The van der Waals surface area contributed by atoms with Gasteiger partial charge in [0.2, 0.25) is 0 Å². The van der Waals surface area contributed by atoms with Crippen LogP contribution >= 0.6 is 0 Å². The molecule has 0 radical (unpaired) electrons. The Bertz CT molecular complexity index is 1010. The van der Waals surface area contributed by atoms with Crippen molar-refractivity contribution in [2.24, 2.45) is 0 Å². The third-order valence-corrected chi connectivity index (χ3v) is 6.05. The Kier molecular flexibility index (Phi) is 3.78. The molecule has 2 fully saturated rings. The summed E-state index contributed by atoms with van der Waals surface area (Å²) < 4.78 is 1.70. The van der Waals surface area contributed by atoms with Gasteiger partial charge in [0, 0.05) is 24.0 Å². The Hall–Kier alpha value is -2.69. The number of carbonyl (C=O) groups is 1. The zero-order valence-corrected chi connectivity index (χ0v) is 15.8. The Morgan fingerprint density at radius 3 is 2.63 bits per heavy atom. The number of benzene rings is 1. The second kappa shape index (κ2) is 6.19. The van der Waals surface area contributed by atoms with Gasteiger partial charge in [-0.1, -0.05) is 24.3 Å². The summed E-state index contributed by atoms with van der Waals surface area (Å²) in [5.41, 5.74) is 4.99. The maximum Gasteiger partial charge on any atom is 0.259 e. The molecule has 0 N–H and O–H groups in total. The smallest absolute Gasteiger partial charge is 0.259 e. The van der Waals surface area contributed by atoms with Crippen molar-refractivity contribution in [3.63, 3.8) is 0 Å². The first-order chi connectivity index (χ1) is 13.1. The van der Waals surface area contributed by atoms with Gasteiger partial charge in [-0.3, -0.25) is 4.79 Å². The van der Waals surface area contributed by atoms with E-state index < -0.39 is 0 Å². The highest BCUT2D eigenvalue weighted by Crippen LogP contribution is 2.45. The lowest BCUT2D eigenvalue weighted by molar-refractivity contribution is 0.0518. The number of aromatic nitrogens is 3. The molecule has 0 unspecified atom stereocenters. The van der Waals surface area contributed by atoms with Crippen LogP contribution < -0.4 is 0 Å². The van der Waals surface area contributed by atoms with Crippen molar-refractivity contribution in [2.75, 3.05) is 0 Å². The lowest BCUT2D eigenvalue weighted by atomic mass is 9.73. The summed E-state index contributed by atoms with van der Waals surface area (Å²) in [4.78, 5) is 20.1. The normalized spacial score (nSPS) is 21.9. The molecule has 3 aromatic rings. The predicted molar refractivity (Wildman–Crippen MR) is 104 cm³/mol. The van der Waals surface area contributed by atoms with E-state index in [1.807, 2.05) is 19.2 Å². The van der Waals surface area contributed by atoms with Crippen LogP contribution in [-0.4, -0.2) is 37.5 Å². The minimum atomic E-state index is 0.0961. The van der Waals surface area contributed by atoms with Crippen LogP contribution in [0.4, 0.5) is 0 Å². The third kappa shape index (κ3) is 2.82. The monoisotopic (exact) mass is 360 g/mol. The molecule has 27 heavy (non-hydrogen) atoms. The van der Waals surface area contributed by atoms with Gasteiger partial charge in [-0.2, -0.15) is 5.10 Å². The van der Waals surface area contributed by atoms with E-state index in [1.54, 1.807) is 10.7 Å². The molecule has 0 aliphatic heterocycles. The van der Waals surface area contributed by atoms with E-state index in [-0.39, 0.29) is 5.91 Å². The minimum absolute atomic E-state index is 0.0961. The van der Waals surface area contributed by atoms with Gasteiger partial charge in [0.25, 0.3) is 5.91 Å². The van der Waals surface area contributed by atoms with Crippen LogP contribution in [0.15, 0.2) is 42.7 Å². The summed E-state index contributed by atoms with van der Waals surface area (Å²) in [7, 11) is 0. The van der Waals surface area contributed by atoms with Gasteiger partial charge in [-0.05, 0) is 62.6 Å². The van der Waals surface area contributed by atoms with Crippen LogP contribution in [0.5, 0.6) is 0 Å². The summed E-state index contributed by atoms with van der Waals surface area (Å²) in [5, 5.41) is 4.33. The summed E-state index contributed by atoms with van der Waals surface area (Å²) in [6.45, 7) is 4.12. The number of amides is 1. The SMILES string of the molecule is Cc1ccn2ncc(C(=O)N(C3CC3)C3CC(c4ccccc4C)C3)c2n1. The first kappa shape index (κ1) is 16.5. The summed E-state index contributed by atoms with van der Waals surface area (Å²) in [5.74, 6) is 0.661. The Morgan fingerprint density at radius 2 is 1.89 bits per heavy atom. The van der Waals surface area contributed by atoms with E-state index in [1.165, 1.54) is 11.1 Å². The molecule has 5 heteroatoms. The van der Waals surface area contributed by atoms with E-state index in [2.05, 4.69) is 46.2 Å². The fourth-order valence-corrected chi connectivity index (χ4v) is 4.35. The minimum Gasteiger partial charge on any atom is -0.332 e. The quantitative estimate of drug-likeness (QED) is 0.709. The van der Waals surface area contributed by atoms with E-state index in [0.717, 1.165) is 31.4 Å². The molecule has 0 spiro atoms. The van der Waals surface area contributed by atoms with E-state index in [9.17, 15) is 4.79 Å². The molecular formula is C22H24N4O. The Morgan fingerprint density at radius 1 is 1.11 bits per heavy atom. The van der Waals surface area contributed by atoms with Gasteiger partial charge in [0.05, 0.1) is 6.20 Å². The van der Waals surface area contributed by atoms with Crippen molar-refractivity contribution in [1.29, 1.82) is 0 Å². The van der Waals surface area contributed by atoms with E-state index in [4.69, 9.17) is 0 Å². The fourth-order valence-electron chi connectivity index (χ4n) is 4.35. The van der Waals surface area contributed by atoms with Gasteiger partial charge in [-0.25, -0.2) is 9.50 Å². The van der Waals surface area contributed by atoms with Crippen LogP contribution in [0.3, 0.4) is 0 Å². The molecule has 2 aromatic heterocycles. The zero-order valence-electron chi connectivity index (χ0n) is 15.8. The highest BCUT2D eigenvalue weighted by Gasteiger charge is 2.44. The van der Waals surface area contributed by atoms with Gasteiger partial charge in [0.1, 0.15) is 5.56 Å². The molecule has 2 aliphatic carbocycles. The lowest BCUT2D eigenvalue weighted by Gasteiger charge is -2.44. The molecule has 1 amide bonds. The Balaban J connectivity index is 1.40. The first-order valence-corrected chi connectivity index (χ1v) is 9.81. The average molecular weight is 360 g/mol. The zero-order chi connectivity index (χ0) is 18.5. The fraction of sp³-hybridized carbons (Fsp3) is 0.409. The van der Waals surface area contributed by atoms with Crippen molar-refractivity contribution in [3.05, 3.63) is 65.1 Å². The molecule has 0 saturated heterocycles. The van der Waals surface area contributed by atoms with Crippen LogP contribution in [-0.2, 0) is 0 Å². The Labute approximate surface area is 159 Å². The van der Waals surface area contributed by atoms with Gasteiger partial charge in [-0.15, -0.1) is 0 Å². The van der Waals surface area contributed by atoms with Crippen LogP contribution in [0.1, 0.15) is 58.8 Å². The number of rotatable bonds is 4. The van der Waals surface area contributed by atoms with E-state index >= 15 is 0 Å². The molecule has 2 heterocycles. The number of carbonyl (C=O) groups excluding carboxylic acids is 1. The highest BCUT2D eigenvalue weighted by atomic mass is 16.2. The van der Waals surface area contributed by atoms with Crippen molar-refractivity contribution in [3.8, 4) is 0 Å². The molecule has 2 saturated carbocycles. The molecule has 0 atom stereocenters. The van der Waals surface area contributed by atoms with Crippen LogP contribution in [0.25, 0.3) is 5.65 Å². The number of hydrogen-bond donors (Lipinski definition) is 0. The second-order valence-corrected chi connectivity index (χ2v) is 8.02. The van der Waals surface area contributed by atoms with Gasteiger partial charge >= 0.3 is 0 Å². The van der Waals surface area contributed by atoms with Crippen molar-refractivity contribution in [2.45, 2.75) is 57.5 Å². The van der Waals surface area contributed by atoms with Crippen molar-refractivity contribution < 1.29 is 4.79 Å². The summed E-state index contributed by atoms with van der Waals surface area (Å²) >= 11 is 0. The molecule has 138 valence electrons. The molecule has 5 rings (SSSR count). The maximum absolute atomic E-state index is 13.4. The summed E-state index contributed by atoms with van der Waals surface area (Å²) in [6.07, 6.45) is 7.88. The number of hydrogen-bond acceptors (Lipinski definition) is 3. The topological polar surface area (TPSA) is 50.5 Å². The molecule has 1 aromatic carbocycles. The predicted octanol–water partition coefficient (Wildman–Crippen LogP) is 3.90. The van der Waals surface area contributed by atoms with E-state index in [0.29, 0.717) is 29.2 Å². The third-order valence-electron chi connectivity index (χ3n) is 6.05. The van der Waals surface area contributed by atoms with Crippen molar-refractivity contribution >= 4 is 11.6 Å². The highest BCUT2D eigenvalue weighted by molar-refractivity contribution is 6.00. The molecular weight excluding hydrogens is 336 g/mol. The number of fused-ring (bicyclic) bond motifs is 1. The second-order valence-electron chi connectivity index (χ2n) is 8.02. The number of aryl methyl sites for hydroxylation is 2. The van der Waals surface area contributed by atoms with Gasteiger partial charge < -0.3 is 4.90 Å². The first-order valence-electron chi connectivity index (χ1n) is 9.81. The molecule has 0 bridgehead atoms. The largest absolute Gasteiger partial charge is 0.332 e. The molecule has 2 aliphatic rings. The number of nitrogens with zero attached hydrogens (tertiary/aromatic N) is 4. The van der Waals surface area contributed by atoms with Crippen LogP contribution in [0.2, 0.25) is 0 Å². The lowest BCUT2D eigenvalue weighted by Crippen LogP contribution is -2.48. The standard InChI is InChI=1S/C22H24N4O/c1-14-5-3-4-6-19(14)16-11-18(12-16)26(17-7-8-17)22(27)20-13-23-25-10-9-15(2)24-21(20)25/h3-6,9-10,13,16-18H,7-8,11-12H2,1-2H3. The maximum atomic E-state index is 13.4. The molecule has 5 nitrogen and oxygen atoms in total. The summed E-state index contributed by atoms with van der Waals surface area (Å²) in [6, 6.07) is 11.2. The average Bonchev–Trinajstić information content (AvgIpc) is 3.37.